The third kappa shape index (κ3) is 5.61. The zero-order valence-electron chi connectivity index (χ0n) is 17.3. The lowest BCUT2D eigenvalue weighted by molar-refractivity contribution is -0.411. The summed E-state index contributed by atoms with van der Waals surface area (Å²) in [5.41, 5.74) is 0.951. The Morgan fingerprint density at radius 1 is 1.12 bits per heavy atom. The number of carbonyl (C=O) groups excluding carboxylic acids is 1. The zero-order chi connectivity index (χ0) is 23.3. The third-order valence-corrected chi connectivity index (χ3v) is 5.11. The Bertz CT molecular complexity index is 873. The first kappa shape index (κ1) is 24.1. The molecule has 0 spiro atoms. The van der Waals surface area contributed by atoms with Gasteiger partial charge in [0.1, 0.15) is 42.0 Å². The van der Waals surface area contributed by atoms with Crippen molar-refractivity contribution < 1.29 is 49.6 Å². The summed E-state index contributed by atoms with van der Waals surface area (Å²) in [5.74, 6) is 0.464. The van der Waals surface area contributed by atoms with Crippen LogP contribution >= 0.6 is 0 Å². The van der Waals surface area contributed by atoms with E-state index in [1.807, 2.05) is 0 Å². The molecule has 10 heteroatoms. The number of methoxy groups -OCH3 is 1. The van der Waals surface area contributed by atoms with Gasteiger partial charge in [-0.3, -0.25) is 4.79 Å². The van der Waals surface area contributed by atoms with Gasteiger partial charge in [-0.2, -0.15) is 4.89 Å². The second kappa shape index (κ2) is 10.8. The molecule has 1 aliphatic carbocycles. The molecule has 10 nitrogen and oxygen atoms in total. The van der Waals surface area contributed by atoms with Crippen LogP contribution in [0.25, 0.3) is 6.08 Å². The lowest BCUT2D eigenvalue weighted by Gasteiger charge is -2.38. The Balaban J connectivity index is 1.54. The van der Waals surface area contributed by atoms with Gasteiger partial charge in [-0.05, 0) is 29.8 Å². The standard InChI is InChI=1S/C22H26O10/c1-29-13-5-2-12(3-6-13)4-9-16(24)15-8-7-14(10-17(15)25)31-32-22-21(28)20(27)19(26)18(11-23)30-22/h2-6,8-10,17-23,25-28H,7,11H2,1H3/t17?,18-,19-,20+,21-,22+/m1/s1. The first-order valence-electron chi connectivity index (χ1n) is 9.93. The summed E-state index contributed by atoms with van der Waals surface area (Å²) in [7, 11) is 1.56. The molecule has 1 aromatic rings. The van der Waals surface area contributed by atoms with Gasteiger partial charge in [0.05, 0.1) is 13.7 Å². The van der Waals surface area contributed by atoms with Gasteiger partial charge >= 0.3 is 0 Å². The Morgan fingerprint density at radius 3 is 2.47 bits per heavy atom. The quantitative estimate of drug-likeness (QED) is 0.201. The fraction of sp³-hybridized carbons (Fsp3) is 0.409. The van der Waals surface area contributed by atoms with Crippen molar-refractivity contribution >= 4 is 11.9 Å². The maximum atomic E-state index is 12.4. The second-order valence-corrected chi connectivity index (χ2v) is 7.29. The molecular formula is C22H26O10. The van der Waals surface area contributed by atoms with Gasteiger partial charge in [-0.15, -0.1) is 0 Å². The van der Waals surface area contributed by atoms with E-state index in [1.54, 1.807) is 37.5 Å². The van der Waals surface area contributed by atoms with Crippen LogP contribution in [0.2, 0.25) is 0 Å². The summed E-state index contributed by atoms with van der Waals surface area (Å²) in [6, 6.07) is 7.11. The van der Waals surface area contributed by atoms with Crippen molar-refractivity contribution in [2.24, 2.45) is 0 Å². The van der Waals surface area contributed by atoms with Crippen LogP contribution in [0.1, 0.15) is 12.0 Å². The Hall–Kier alpha value is -2.57. The molecule has 5 N–H and O–H groups in total. The molecule has 32 heavy (non-hydrogen) atoms. The van der Waals surface area contributed by atoms with E-state index in [0.717, 1.165) is 5.56 Å². The summed E-state index contributed by atoms with van der Waals surface area (Å²) in [6.07, 6.45) is -2.80. The van der Waals surface area contributed by atoms with Crippen LogP contribution in [-0.2, 0) is 19.3 Å². The Morgan fingerprint density at radius 2 is 1.84 bits per heavy atom. The van der Waals surface area contributed by atoms with Crippen molar-refractivity contribution in [3.8, 4) is 5.75 Å². The van der Waals surface area contributed by atoms with Gasteiger partial charge in [0.2, 0.25) is 6.29 Å². The van der Waals surface area contributed by atoms with E-state index in [9.17, 15) is 30.3 Å². The number of hydrogen-bond donors (Lipinski definition) is 5. The molecule has 174 valence electrons. The highest BCUT2D eigenvalue weighted by Gasteiger charge is 2.45. The number of ketones is 1. The van der Waals surface area contributed by atoms with Gasteiger partial charge in [-0.1, -0.05) is 24.3 Å². The summed E-state index contributed by atoms with van der Waals surface area (Å²) < 4.78 is 10.2. The molecule has 0 radical (unpaired) electrons. The summed E-state index contributed by atoms with van der Waals surface area (Å²) in [6.45, 7) is -0.607. The zero-order valence-corrected chi connectivity index (χ0v) is 17.3. The van der Waals surface area contributed by atoms with Crippen LogP contribution in [0.5, 0.6) is 5.75 Å². The van der Waals surface area contributed by atoms with Crippen LogP contribution in [0.15, 0.2) is 53.8 Å². The molecule has 1 fully saturated rings. The largest absolute Gasteiger partial charge is 0.497 e. The number of aliphatic hydroxyl groups is 5. The van der Waals surface area contributed by atoms with Crippen LogP contribution < -0.4 is 4.74 Å². The molecule has 0 amide bonds. The molecule has 6 atom stereocenters. The average Bonchev–Trinajstić information content (AvgIpc) is 2.81. The van der Waals surface area contributed by atoms with E-state index < -0.39 is 43.4 Å². The van der Waals surface area contributed by atoms with E-state index in [-0.39, 0.29) is 23.5 Å². The van der Waals surface area contributed by atoms with Crippen molar-refractivity contribution in [2.45, 2.75) is 43.2 Å². The predicted molar refractivity (Wildman–Crippen MR) is 110 cm³/mol. The van der Waals surface area contributed by atoms with Crippen LogP contribution in [-0.4, -0.2) is 81.8 Å². The number of carbonyl (C=O) groups is 1. The van der Waals surface area contributed by atoms with Crippen LogP contribution in [0, 0.1) is 0 Å². The first-order valence-corrected chi connectivity index (χ1v) is 9.93. The lowest BCUT2D eigenvalue weighted by atomic mass is 9.97. The monoisotopic (exact) mass is 450 g/mol. The second-order valence-electron chi connectivity index (χ2n) is 7.29. The third-order valence-electron chi connectivity index (χ3n) is 5.11. The molecule has 0 saturated carbocycles. The summed E-state index contributed by atoms with van der Waals surface area (Å²) in [4.78, 5) is 22.5. The number of rotatable bonds is 8. The minimum absolute atomic E-state index is 0.117. The number of allylic oxidation sites excluding steroid dienone is 2. The molecule has 3 rings (SSSR count). The van der Waals surface area contributed by atoms with Gasteiger partial charge < -0.3 is 39.9 Å². The highest BCUT2D eigenvalue weighted by atomic mass is 17.2. The highest BCUT2D eigenvalue weighted by molar-refractivity contribution is 6.07. The molecular weight excluding hydrogens is 424 g/mol. The average molecular weight is 450 g/mol. The van der Waals surface area contributed by atoms with Crippen molar-refractivity contribution in [3.63, 3.8) is 0 Å². The van der Waals surface area contributed by atoms with Gasteiger partial charge in [0.15, 0.2) is 5.78 Å². The maximum Gasteiger partial charge on any atom is 0.232 e. The van der Waals surface area contributed by atoms with E-state index in [2.05, 4.69) is 0 Å². The van der Waals surface area contributed by atoms with Gasteiger partial charge in [0, 0.05) is 12.0 Å². The molecule has 1 unspecified atom stereocenters. The van der Waals surface area contributed by atoms with E-state index in [4.69, 9.17) is 19.2 Å². The number of hydrogen-bond acceptors (Lipinski definition) is 10. The smallest absolute Gasteiger partial charge is 0.232 e. The Labute approximate surface area is 184 Å². The van der Waals surface area contributed by atoms with Crippen molar-refractivity contribution in [1.82, 2.24) is 0 Å². The van der Waals surface area contributed by atoms with Crippen molar-refractivity contribution in [1.29, 1.82) is 0 Å². The number of benzene rings is 1. The predicted octanol–water partition coefficient (Wildman–Crippen LogP) is -0.400. The minimum atomic E-state index is -1.63. The van der Waals surface area contributed by atoms with Gasteiger partial charge in [0.25, 0.3) is 0 Å². The fourth-order valence-corrected chi connectivity index (χ4v) is 3.21. The molecule has 1 aliphatic heterocycles. The maximum absolute atomic E-state index is 12.4. The van der Waals surface area contributed by atoms with Crippen LogP contribution in [0.4, 0.5) is 0 Å². The fourth-order valence-electron chi connectivity index (χ4n) is 3.21. The summed E-state index contributed by atoms with van der Waals surface area (Å²) >= 11 is 0. The summed E-state index contributed by atoms with van der Waals surface area (Å²) in [5, 5.41) is 48.9. The molecule has 1 heterocycles. The number of ether oxygens (including phenoxy) is 2. The van der Waals surface area contributed by atoms with Gasteiger partial charge in [-0.25, -0.2) is 0 Å². The molecule has 2 aliphatic rings. The molecule has 1 aromatic carbocycles. The SMILES string of the molecule is COc1ccc(C=CC(=O)C2=CCC(OO[C@@H]3O[C@H](CO)[C@@H](O)[C@H](O)[C@H]3O)=CC2O)cc1. The van der Waals surface area contributed by atoms with Crippen LogP contribution in [0.3, 0.4) is 0 Å². The topological polar surface area (TPSA) is 155 Å². The van der Waals surface area contributed by atoms with E-state index >= 15 is 0 Å². The molecule has 0 bridgehead atoms. The normalized spacial score (nSPS) is 30.6. The van der Waals surface area contributed by atoms with E-state index in [0.29, 0.717) is 5.75 Å². The molecule has 0 aromatic heterocycles. The lowest BCUT2D eigenvalue weighted by Crippen LogP contribution is -2.59. The minimum Gasteiger partial charge on any atom is -0.497 e. The first-order chi connectivity index (χ1) is 15.3. The number of aliphatic hydroxyl groups excluding tert-OH is 5. The Kier molecular flexibility index (Phi) is 8.15. The van der Waals surface area contributed by atoms with E-state index in [1.165, 1.54) is 18.2 Å². The van der Waals surface area contributed by atoms with Crippen molar-refractivity contribution in [3.05, 3.63) is 59.4 Å². The molecule has 1 saturated heterocycles. The highest BCUT2D eigenvalue weighted by Crippen LogP contribution is 2.25. The van der Waals surface area contributed by atoms with Crippen molar-refractivity contribution in [2.75, 3.05) is 13.7 Å².